The van der Waals surface area contributed by atoms with Gasteiger partial charge in [0, 0.05) is 93.1 Å². The second kappa shape index (κ2) is 10.3. The van der Waals surface area contributed by atoms with Crippen molar-refractivity contribution in [2.24, 2.45) is 5.73 Å². The SMILES string of the molecule is CC(=N)N.[B][B]B(B([B])[B])B(B([B])[B])B([B])[B]. The van der Waals surface area contributed by atoms with Crippen molar-refractivity contribution in [3.8, 4) is 0 Å². The second-order valence-corrected chi connectivity index (χ2v) is 3.76. The normalized spacial score (nSPS) is 8.06. The van der Waals surface area contributed by atoms with Gasteiger partial charge in [-0.25, -0.2) is 0 Å². The lowest BCUT2D eigenvalue weighted by atomic mass is 8.50. The van der Waals surface area contributed by atoms with Crippen LogP contribution in [0, 0.1) is 5.41 Å². The van der Waals surface area contributed by atoms with Crippen LogP contribution < -0.4 is 5.73 Å². The number of rotatable bonds is 5. The van der Waals surface area contributed by atoms with E-state index < -0.39 is 25.5 Å². The molecule has 3 N–H and O–H groups in total. The van der Waals surface area contributed by atoms with E-state index in [0.29, 0.717) is 0 Å². The molecule has 15 heteroatoms. The number of nitrogens with one attached hydrogen (secondary N) is 1. The molecule has 0 amide bonds. The van der Waals surface area contributed by atoms with Crippen molar-refractivity contribution < 1.29 is 0 Å². The van der Waals surface area contributed by atoms with E-state index in [9.17, 15) is 0 Å². The van der Waals surface area contributed by atoms with Crippen LogP contribution in [0.1, 0.15) is 6.92 Å². The first-order valence-corrected chi connectivity index (χ1v) is 5.04. The molecule has 0 aliphatic carbocycles. The molecule has 0 bridgehead atoms. The quantitative estimate of drug-likeness (QED) is 0.260. The molecule has 0 saturated carbocycles. The van der Waals surface area contributed by atoms with E-state index in [1.54, 1.807) is 0 Å². The predicted molar refractivity (Wildman–Crippen MR) is 92.4 cm³/mol. The summed E-state index contributed by atoms with van der Waals surface area (Å²) in [6.07, 6.45) is -2.87. The Morgan fingerprint density at radius 3 is 1.35 bits per heavy atom. The molecule has 0 aliphatic heterocycles. The molecular weight excluding hydrogens is 193 g/mol. The lowest BCUT2D eigenvalue weighted by Gasteiger charge is -2.31. The Balaban J connectivity index is 0. The standard InChI is InChI=1S/C2H6N2.B13/c1-2(3)4;1-8-12(9(2)3)13(10(4)5)11(6)7/h1H3,(H3,3,4);. The Morgan fingerprint density at radius 2 is 1.29 bits per heavy atom. The van der Waals surface area contributed by atoms with Crippen molar-refractivity contribution in [2.75, 3.05) is 0 Å². The lowest BCUT2D eigenvalue weighted by Crippen LogP contribution is -2.69. The third-order valence-corrected chi connectivity index (χ3v) is 2.00. The maximum Gasteiger partial charge on any atom is 0.0873 e. The van der Waals surface area contributed by atoms with Crippen LogP contribution >= 0.6 is 0 Å². The van der Waals surface area contributed by atoms with E-state index in [-0.39, 0.29) is 12.2 Å². The van der Waals surface area contributed by atoms with E-state index in [1.165, 1.54) is 14.0 Å². The molecule has 0 spiro atoms. The fourth-order valence-electron chi connectivity index (χ4n) is 1.28. The molecule has 17 heavy (non-hydrogen) atoms. The molecule has 0 saturated heterocycles. The van der Waals surface area contributed by atoms with Crippen LogP contribution in [-0.2, 0) is 0 Å². The summed E-state index contributed by atoms with van der Waals surface area (Å²) < 4.78 is 0. The number of hydrogen-bond acceptors (Lipinski definition) is 1. The molecule has 0 rings (SSSR count). The van der Waals surface area contributed by atoms with Crippen LogP contribution in [0.3, 0.4) is 0 Å². The van der Waals surface area contributed by atoms with Crippen molar-refractivity contribution in [1.29, 1.82) is 5.41 Å². The van der Waals surface area contributed by atoms with Crippen LogP contribution in [0.5, 0.6) is 0 Å². The first kappa shape index (κ1) is 19.6. The summed E-state index contributed by atoms with van der Waals surface area (Å²) in [5, 5.41) is 6.28. The van der Waals surface area contributed by atoms with E-state index >= 15 is 0 Å². The Bertz CT molecular complexity index is 192. The molecule has 63 valence electrons. The van der Waals surface area contributed by atoms with Crippen LogP contribution in [0.2, 0.25) is 0 Å². The average molecular weight is 199 g/mol. The molecule has 0 atom stereocenters. The largest absolute Gasteiger partial charge is 0.388 e. The fraction of sp³-hybridized carbons (Fsp3) is 0.500. The summed E-state index contributed by atoms with van der Waals surface area (Å²) in [4.78, 5) is 0. The Labute approximate surface area is 117 Å². The minimum absolute atomic E-state index is 0.167. The van der Waals surface area contributed by atoms with Gasteiger partial charge in [0.25, 0.3) is 0 Å². The van der Waals surface area contributed by atoms with Crippen LogP contribution in [0.4, 0.5) is 0 Å². The minimum Gasteiger partial charge on any atom is -0.388 e. The summed E-state index contributed by atoms with van der Waals surface area (Å²) in [5.41, 5.74) is 4.69. The summed E-state index contributed by atoms with van der Waals surface area (Å²) in [6, 6.07) is 0. The number of hydrogen-bond donors (Lipinski definition) is 2. The molecule has 0 aliphatic rings. The zero-order valence-electron chi connectivity index (χ0n) is 10.1. The third-order valence-electron chi connectivity index (χ3n) is 2.00. The van der Waals surface area contributed by atoms with Gasteiger partial charge in [0.05, 0.1) is 5.84 Å². The van der Waals surface area contributed by atoms with Gasteiger partial charge in [-0.1, -0.05) is 0 Å². The van der Waals surface area contributed by atoms with Gasteiger partial charge in [0.1, 0.15) is 0 Å². The van der Waals surface area contributed by atoms with E-state index in [2.05, 4.69) is 0 Å². The maximum atomic E-state index is 6.28. The van der Waals surface area contributed by atoms with Crippen LogP contribution in [-0.4, -0.2) is 99.0 Å². The third kappa shape index (κ3) is 9.97. The van der Waals surface area contributed by atoms with E-state index in [4.69, 9.17) is 65.3 Å². The van der Waals surface area contributed by atoms with Gasteiger partial charge in [-0.15, -0.1) is 0 Å². The number of nitrogens with two attached hydrogens (primary N) is 1. The van der Waals surface area contributed by atoms with E-state index in [1.807, 2.05) is 0 Å². The second-order valence-electron chi connectivity index (χ2n) is 3.76. The first-order chi connectivity index (χ1) is 7.64. The Morgan fingerprint density at radius 1 is 1.00 bits per heavy atom. The molecule has 0 heterocycles. The Kier molecular flexibility index (Phi) is 11.9. The van der Waals surface area contributed by atoms with Gasteiger partial charge in [-0.3, -0.25) is 5.41 Å². The highest BCUT2D eigenvalue weighted by Crippen LogP contribution is 1.94. The van der Waals surface area contributed by atoms with Crippen molar-refractivity contribution in [3.63, 3.8) is 0 Å². The Hall–Kier alpha value is 0.314. The van der Waals surface area contributed by atoms with Crippen LogP contribution in [0.25, 0.3) is 0 Å². The van der Waals surface area contributed by atoms with Gasteiger partial charge >= 0.3 is 0 Å². The summed E-state index contributed by atoms with van der Waals surface area (Å²) in [7, 11) is 39.5. The summed E-state index contributed by atoms with van der Waals surface area (Å²) in [5.74, 6) is 0.167. The first-order valence-electron chi connectivity index (χ1n) is 5.04. The smallest absolute Gasteiger partial charge is 0.0873 e. The van der Waals surface area contributed by atoms with Gasteiger partial charge in [-0.05, 0) is 6.92 Å². The van der Waals surface area contributed by atoms with Crippen LogP contribution in [0.15, 0.2) is 0 Å². The molecule has 15 radical (unpaired) electrons. The average Bonchev–Trinajstić information content (AvgIpc) is 2.10. The molecular formula is C2H6B13N2. The summed E-state index contributed by atoms with van der Waals surface area (Å²) in [6.45, 7) is 1.53. The zero-order valence-corrected chi connectivity index (χ0v) is 10.1. The fourth-order valence-corrected chi connectivity index (χ4v) is 1.28. The molecule has 0 aromatic carbocycles. The topological polar surface area (TPSA) is 49.9 Å². The summed E-state index contributed by atoms with van der Waals surface area (Å²) >= 11 is 0. The van der Waals surface area contributed by atoms with Crippen molar-refractivity contribution >= 4 is 99.0 Å². The molecule has 2 nitrogen and oxygen atoms in total. The predicted octanol–water partition coefficient (Wildman–Crippen LogP) is -5.01. The maximum absolute atomic E-state index is 6.28. The van der Waals surface area contributed by atoms with E-state index in [0.717, 1.165) is 0 Å². The van der Waals surface area contributed by atoms with Gasteiger partial charge in [0.2, 0.25) is 0 Å². The highest BCUT2D eigenvalue weighted by molar-refractivity contribution is 8.07. The van der Waals surface area contributed by atoms with Crippen molar-refractivity contribution in [3.05, 3.63) is 0 Å². The van der Waals surface area contributed by atoms with Gasteiger partial charge in [-0.2, -0.15) is 0 Å². The highest BCUT2D eigenvalue weighted by Gasteiger charge is 2.32. The molecule has 0 aromatic rings. The minimum atomic E-state index is -0.695. The molecule has 0 aromatic heterocycles. The van der Waals surface area contributed by atoms with Crippen molar-refractivity contribution in [1.82, 2.24) is 0 Å². The highest BCUT2D eigenvalue weighted by atomic mass is 14.7. The van der Waals surface area contributed by atoms with Gasteiger partial charge < -0.3 is 5.73 Å². The zero-order chi connectivity index (χ0) is 14.2. The lowest BCUT2D eigenvalue weighted by molar-refractivity contribution is 1.42. The molecule has 0 unspecified atom stereocenters. The van der Waals surface area contributed by atoms with Gasteiger partial charge in [0.15, 0.2) is 0 Å². The van der Waals surface area contributed by atoms with Crippen molar-refractivity contribution in [2.45, 2.75) is 6.92 Å². The number of amidine groups is 1. The monoisotopic (exact) mass is 201 g/mol. The molecule has 0 fully saturated rings.